The Hall–Kier alpha value is -0.980. The lowest BCUT2D eigenvalue weighted by molar-refractivity contribution is 0.146. The van der Waals surface area contributed by atoms with E-state index in [1.807, 2.05) is 6.20 Å². The fourth-order valence-electron chi connectivity index (χ4n) is 1.53. The predicted octanol–water partition coefficient (Wildman–Crippen LogP) is 0.0310. The van der Waals surface area contributed by atoms with E-state index in [1.165, 1.54) is 0 Å². The van der Waals surface area contributed by atoms with Crippen molar-refractivity contribution in [3.8, 4) is 0 Å². The summed E-state index contributed by atoms with van der Waals surface area (Å²) in [5.41, 5.74) is 0.875. The van der Waals surface area contributed by atoms with E-state index >= 15 is 0 Å². The molecule has 0 radical (unpaired) electrons. The molecule has 1 unspecified atom stereocenters. The zero-order chi connectivity index (χ0) is 12.7. The zero-order valence-electron chi connectivity index (χ0n) is 10.8. The van der Waals surface area contributed by atoms with Crippen LogP contribution in [0, 0.1) is 5.92 Å². The van der Waals surface area contributed by atoms with Crippen molar-refractivity contribution >= 4 is 0 Å². The van der Waals surface area contributed by atoms with Crippen LogP contribution in [0.4, 0.5) is 0 Å². The first kappa shape index (κ1) is 14.1. The number of ether oxygens (including phenoxy) is 1. The lowest BCUT2D eigenvalue weighted by Gasteiger charge is -2.20. The Morgan fingerprint density at radius 1 is 1.53 bits per heavy atom. The topological polar surface area (TPSA) is 72.2 Å². The van der Waals surface area contributed by atoms with Crippen LogP contribution in [0.5, 0.6) is 0 Å². The molecular formula is C11H22N4O2. The molecule has 0 saturated carbocycles. The van der Waals surface area contributed by atoms with Crippen molar-refractivity contribution in [3.63, 3.8) is 0 Å². The molecule has 0 aliphatic rings. The lowest BCUT2D eigenvalue weighted by atomic mass is 10.1. The lowest BCUT2D eigenvalue weighted by Crippen LogP contribution is -2.37. The Labute approximate surface area is 102 Å². The van der Waals surface area contributed by atoms with E-state index in [0.29, 0.717) is 31.7 Å². The maximum atomic E-state index is 8.77. The molecule has 17 heavy (non-hydrogen) atoms. The molecule has 0 amide bonds. The van der Waals surface area contributed by atoms with Gasteiger partial charge in [-0.2, -0.15) is 0 Å². The van der Waals surface area contributed by atoms with E-state index in [1.54, 1.807) is 11.8 Å². The van der Waals surface area contributed by atoms with Crippen molar-refractivity contribution in [1.29, 1.82) is 0 Å². The minimum Gasteiger partial charge on any atom is -0.394 e. The summed E-state index contributed by atoms with van der Waals surface area (Å²) in [4.78, 5) is 0. The van der Waals surface area contributed by atoms with Gasteiger partial charge in [-0.25, -0.2) is 4.68 Å². The maximum absolute atomic E-state index is 8.77. The van der Waals surface area contributed by atoms with Gasteiger partial charge in [0.1, 0.15) is 0 Å². The summed E-state index contributed by atoms with van der Waals surface area (Å²) in [6, 6.07) is 0.308. The molecule has 2 N–H and O–H groups in total. The van der Waals surface area contributed by atoms with Crippen molar-refractivity contribution in [2.45, 2.75) is 33.0 Å². The van der Waals surface area contributed by atoms with Crippen molar-refractivity contribution in [2.24, 2.45) is 5.92 Å². The molecule has 98 valence electrons. The SMILES string of the molecule is COCC(NCc1cn(CCO)nn1)C(C)C. The zero-order valence-corrected chi connectivity index (χ0v) is 10.8. The molecule has 1 heterocycles. The second-order valence-electron chi connectivity index (χ2n) is 4.38. The number of hydrogen-bond acceptors (Lipinski definition) is 5. The smallest absolute Gasteiger partial charge is 0.0964 e. The van der Waals surface area contributed by atoms with Crippen molar-refractivity contribution in [1.82, 2.24) is 20.3 Å². The molecule has 1 atom stereocenters. The Bertz CT molecular complexity index is 314. The maximum Gasteiger partial charge on any atom is 0.0964 e. The van der Waals surface area contributed by atoms with Crippen LogP contribution in [0.2, 0.25) is 0 Å². The molecule has 0 aliphatic carbocycles. The Balaban J connectivity index is 2.41. The normalized spacial score (nSPS) is 13.2. The number of hydrogen-bond donors (Lipinski definition) is 2. The molecule has 0 fully saturated rings. The Morgan fingerprint density at radius 2 is 2.29 bits per heavy atom. The van der Waals surface area contributed by atoms with Gasteiger partial charge in [-0.15, -0.1) is 5.10 Å². The van der Waals surface area contributed by atoms with Gasteiger partial charge in [-0.3, -0.25) is 0 Å². The summed E-state index contributed by atoms with van der Waals surface area (Å²) < 4.78 is 6.80. The Morgan fingerprint density at radius 3 is 2.88 bits per heavy atom. The summed E-state index contributed by atoms with van der Waals surface area (Å²) in [5, 5.41) is 20.1. The third kappa shape index (κ3) is 4.80. The molecule has 6 nitrogen and oxygen atoms in total. The first-order chi connectivity index (χ1) is 8.17. The molecule has 0 aliphatic heterocycles. The fourth-order valence-corrected chi connectivity index (χ4v) is 1.53. The first-order valence-electron chi connectivity index (χ1n) is 5.89. The second-order valence-corrected chi connectivity index (χ2v) is 4.38. The minimum atomic E-state index is 0.0779. The highest BCUT2D eigenvalue weighted by Crippen LogP contribution is 2.03. The van der Waals surface area contributed by atoms with Gasteiger partial charge in [0.2, 0.25) is 0 Å². The average Bonchev–Trinajstić information content (AvgIpc) is 2.72. The molecule has 0 aromatic carbocycles. The van der Waals surface area contributed by atoms with Crippen LogP contribution >= 0.6 is 0 Å². The standard InChI is InChI=1S/C11H22N4O2/c1-9(2)11(8-17-3)12-6-10-7-15(4-5-16)14-13-10/h7,9,11-12,16H,4-6,8H2,1-3H3. The number of nitrogens with one attached hydrogen (secondary N) is 1. The quantitative estimate of drug-likeness (QED) is 0.673. The van der Waals surface area contributed by atoms with E-state index in [9.17, 15) is 0 Å². The number of aliphatic hydroxyl groups is 1. The summed E-state index contributed by atoms with van der Waals surface area (Å²) in [6.07, 6.45) is 1.84. The number of nitrogens with zero attached hydrogens (tertiary/aromatic N) is 3. The number of aromatic nitrogens is 3. The minimum absolute atomic E-state index is 0.0779. The van der Waals surface area contributed by atoms with E-state index < -0.39 is 0 Å². The third-order valence-electron chi connectivity index (χ3n) is 2.61. The molecule has 1 aromatic heterocycles. The van der Waals surface area contributed by atoms with Crippen molar-refractivity contribution < 1.29 is 9.84 Å². The second kappa shape index (κ2) is 7.37. The summed E-state index contributed by atoms with van der Waals surface area (Å²) in [6.45, 7) is 6.21. The van der Waals surface area contributed by atoms with Crippen LogP contribution in [0.1, 0.15) is 19.5 Å². The van der Waals surface area contributed by atoms with Crippen LogP contribution < -0.4 is 5.32 Å². The van der Waals surface area contributed by atoms with Gasteiger partial charge in [0, 0.05) is 25.9 Å². The highest BCUT2D eigenvalue weighted by atomic mass is 16.5. The average molecular weight is 242 g/mol. The summed E-state index contributed by atoms with van der Waals surface area (Å²) >= 11 is 0. The molecule has 0 spiro atoms. The predicted molar refractivity (Wildman–Crippen MR) is 64.4 cm³/mol. The Kier molecular flexibility index (Phi) is 6.10. The highest BCUT2D eigenvalue weighted by molar-refractivity contribution is 4.92. The monoisotopic (exact) mass is 242 g/mol. The van der Waals surface area contributed by atoms with Gasteiger partial charge in [-0.05, 0) is 5.92 Å². The van der Waals surface area contributed by atoms with Crippen molar-refractivity contribution in [2.75, 3.05) is 20.3 Å². The number of rotatable bonds is 8. The number of aliphatic hydroxyl groups excluding tert-OH is 1. The van der Waals surface area contributed by atoms with Gasteiger partial charge in [0.25, 0.3) is 0 Å². The van der Waals surface area contributed by atoms with Gasteiger partial charge < -0.3 is 15.2 Å². The van der Waals surface area contributed by atoms with Crippen LogP contribution in [-0.4, -0.2) is 46.5 Å². The molecule has 1 aromatic rings. The van der Waals surface area contributed by atoms with Gasteiger partial charge in [0.15, 0.2) is 0 Å². The molecule has 1 rings (SSSR count). The van der Waals surface area contributed by atoms with Crippen LogP contribution in [0.15, 0.2) is 6.20 Å². The van der Waals surface area contributed by atoms with Gasteiger partial charge >= 0.3 is 0 Å². The highest BCUT2D eigenvalue weighted by Gasteiger charge is 2.12. The third-order valence-corrected chi connectivity index (χ3v) is 2.61. The molecule has 0 bridgehead atoms. The van der Waals surface area contributed by atoms with Crippen molar-refractivity contribution in [3.05, 3.63) is 11.9 Å². The van der Waals surface area contributed by atoms with E-state index in [0.717, 1.165) is 5.69 Å². The largest absolute Gasteiger partial charge is 0.394 e. The van der Waals surface area contributed by atoms with Crippen LogP contribution in [0.3, 0.4) is 0 Å². The first-order valence-corrected chi connectivity index (χ1v) is 5.89. The van der Waals surface area contributed by atoms with Gasteiger partial charge in [0.05, 0.1) is 25.5 Å². The molecular weight excluding hydrogens is 220 g/mol. The summed E-state index contributed by atoms with van der Waals surface area (Å²) in [5.74, 6) is 0.502. The summed E-state index contributed by atoms with van der Waals surface area (Å²) in [7, 11) is 1.70. The van der Waals surface area contributed by atoms with Gasteiger partial charge in [-0.1, -0.05) is 19.1 Å². The van der Waals surface area contributed by atoms with Crippen LogP contribution in [0.25, 0.3) is 0 Å². The van der Waals surface area contributed by atoms with E-state index in [-0.39, 0.29) is 6.61 Å². The fraction of sp³-hybridized carbons (Fsp3) is 0.818. The van der Waals surface area contributed by atoms with E-state index in [2.05, 4.69) is 29.5 Å². The van der Waals surface area contributed by atoms with E-state index in [4.69, 9.17) is 9.84 Å². The number of methoxy groups -OCH3 is 1. The molecule has 0 saturated heterocycles. The molecule has 6 heteroatoms. The van der Waals surface area contributed by atoms with Crippen LogP contribution in [-0.2, 0) is 17.8 Å².